The van der Waals surface area contributed by atoms with Gasteiger partial charge < -0.3 is 23.4 Å². The minimum Gasteiger partial charge on any atom is -0.496 e. The van der Waals surface area contributed by atoms with E-state index in [1.807, 2.05) is 6.07 Å². The summed E-state index contributed by atoms with van der Waals surface area (Å²) in [6, 6.07) is 10.6. The Balaban J connectivity index is 1.72. The summed E-state index contributed by atoms with van der Waals surface area (Å²) in [4.78, 5) is 8.24. The Labute approximate surface area is 138 Å². The van der Waals surface area contributed by atoms with Gasteiger partial charge in [0, 0.05) is 30.5 Å². The molecule has 0 spiro atoms. The maximum Gasteiger partial charge on any atom is 0.320 e. The monoisotopic (exact) mass is 328 g/mol. The highest BCUT2D eigenvalue weighted by Gasteiger charge is 2.07. The van der Waals surface area contributed by atoms with E-state index in [9.17, 15) is 0 Å². The average molecular weight is 328 g/mol. The van der Waals surface area contributed by atoms with E-state index in [0.29, 0.717) is 28.9 Å². The van der Waals surface area contributed by atoms with Crippen molar-refractivity contribution in [2.24, 2.45) is 0 Å². The molecule has 0 fully saturated rings. The van der Waals surface area contributed by atoms with Gasteiger partial charge in [-0.2, -0.15) is 4.98 Å². The highest BCUT2D eigenvalue weighted by atomic mass is 16.5. The third-order valence-corrected chi connectivity index (χ3v) is 3.08. The van der Waals surface area contributed by atoms with Crippen LogP contribution >= 0.6 is 0 Å². The van der Waals surface area contributed by atoms with Crippen molar-refractivity contribution in [3.63, 3.8) is 0 Å². The number of benzene rings is 1. The van der Waals surface area contributed by atoms with Crippen molar-refractivity contribution in [2.45, 2.75) is 6.61 Å². The summed E-state index contributed by atoms with van der Waals surface area (Å²) in [6.07, 6.45) is 3.13. The highest BCUT2D eigenvalue weighted by molar-refractivity contribution is 5.43. The smallest absolute Gasteiger partial charge is 0.320 e. The minimum atomic E-state index is 0.193. The molecule has 0 saturated carbocycles. The first kappa shape index (κ1) is 15.7. The predicted molar refractivity (Wildman–Crippen MR) is 84.7 cm³/mol. The first-order valence-corrected chi connectivity index (χ1v) is 7.16. The SMILES string of the molecule is COc1cc(OC)cc(Oc2ccnc(OCc3ccco3)n2)c1. The zero-order chi connectivity index (χ0) is 16.8. The van der Waals surface area contributed by atoms with Crippen molar-refractivity contribution in [3.05, 3.63) is 54.6 Å². The fourth-order valence-corrected chi connectivity index (χ4v) is 1.94. The second kappa shape index (κ2) is 7.36. The quantitative estimate of drug-likeness (QED) is 0.657. The van der Waals surface area contributed by atoms with Crippen LogP contribution in [0.5, 0.6) is 29.1 Å². The normalized spacial score (nSPS) is 10.2. The van der Waals surface area contributed by atoms with Crippen molar-refractivity contribution in [3.8, 4) is 29.1 Å². The zero-order valence-electron chi connectivity index (χ0n) is 13.3. The lowest BCUT2D eigenvalue weighted by Gasteiger charge is -2.10. The zero-order valence-corrected chi connectivity index (χ0v) is 13.3. The van der Waals surface area contributed by atoms with Crippen molar-refractivity contribution < 1.29 is 23.4 Å². The van der Waals surface area contributed by atoms with E-state index < -0.39 is 0 Å². The van der Waals surface area contributed by atoms with Crippen molar-refractivity contribution in [1.82, 2.24) is 9.97 Å². The van der Waals surface area contributed by atoms with E-state index in [0.717, 1.165) is 0 Å². The fourth-order valence-electron chi connectivity index (χ4n) is 1.94. The van der Waals surface area contributed by atoms with Crippen LogP contribution in [0.2, 0.25) is 0 Å². The van der Waals surface area contributed by atoms with Crippen LogP contribution < -0.4 is 18.9 Å². The molecule has 0 aliphatic carbocycles. The molecule has 124 valence electrons. The summed E-state index contributed by atoms with van der Waals surface area (Å²) < 4.78 is 26.8. The van der Waals surface area contributed by atoms with Gasteiger partial charge in [0.1, 0.15) is 29.6 Å². The van der Waals surface area contributed by atoms with Gasteiger partial charge >= 0.3 is 6.01 Å². The molecule has 0 amide bonds. The minimum absolute atomic E-state index is 0.193. The second-order valence-electron chi connectivity index (χ2n) is 4.70. The topological polar surface area (TPSA) is 75.8 Å². The van der Waals surface area contributed by atoms with Crippen molar-refractivity contribution in [1.29, 1.82) is 0 Å². The van der Waals surface area contributed by atoms with Gasteiger partial charge in [-0.05, 0) is 12.1 Å². The molecule has 0 N–H and O–H groups in total. The molecule has 7 heteroatoms. The van der Waals surface area contributed by atoms with Gasteiger partial charge in [-0.15, -0.1) is 0 Å². The van der Waals surface area contributed by atoms with Crippen LogP contribution in [0.15, 0.2) is 53.3 Å². The van der Waals surface area contributed by atoms with Gasteiger partial charge in [-0.25, -0.2) is 4.98 Å². The van der Waals surface area contributed by atoms with Gasteiger partial charge in [0.05, 0.1) is 20.5 Å². The molecule has 0 unspecified atom stereocenters. The second-order valence-corrected chi connectivity index (χ2v) is 4.70. The largest absolute Gasteiger partial charge is 0.496 e. The van der Waals surface area contributed by atoms with Gasteiger partial charge in [-0.1, -0.05) is 0 Å². The Bertz CT molecular complexity index is 767. The molecule has 0 saturated heterocycles. The van der Waals surface area contributed by atoms with Crippen LogP contribution in [0.1, 0.15) is 5.76 Å². The summed E-state index contributed by atoms with van der Waals surface area (Å²) in [5, 5.41) is 0. The van der Waals surface area contributed by atoms with E-state index in [-0.39, 0.29) is 12.6 Å². The Morgan fingerprint density at radius 1 is 1.00 bits per heavy atom. The molecule has 0 radical (unpaired) electrons. The molecule has 7 nitrogen and oxygen atoms in total. The van der Waals surface area contributed by atoms with Crippen molar-refractivity contribution in [2.75, 3.05) is 14.2 Å². The molecule has 24 heavy (non-hydrogen) atoms. The number of rotatable bonds is 7. The maximum absolute atomic E-state index is 5.73. The number of methoxy groups -OCH3 is 2. The lowest BCUT2D eigenvalue weighted by Crippen LogP contribution is -1.99. The van der Waals surface area contributed by atoms with Crippen LogP contribution in [0, 0.1) is 0 Å². The molecule has 3 aromatic rings. The third kappa shape index (κ3) is 3.95. The Morgan fingerprint density at radius 3 is 2.42 bits per heavy atom. The number of hydrogen-bond donors (Lipinski definition) is 0. The maximum atomic E-state index is 5.73. The molecule has 0 bridgehead atoms. The van der Waals surface area contributed by atoms with Gasteiger partial charge in [0.25, 0.3) is 0 Å². The molecular formula is C17H16N2O5. The van der Waals surface area contributed by atoms with E-state index in [1.165, 1.54) is 0 Å². The molecule has 0 aliphatic heterocycles. The lowest BCUT2D eigenvalue weighted by atomic mass is 10.3. The summed E-state index contributed by atoms with van der Waals surface area (Å²) in [5.41, 5.74) is 0. The molecule has 3 rings (SSSR count). The molecule has 0 atom stereocenters. The number of aromatic nitrogens is 2. The lowest BCUT2D eigenvalue weighted by molar-refractivity contribution is 0.247. The third-order valence-electron chi connectivity index (χ3n) is 3.08. The molecular weight excluding hydrogens is 312 g/mol. The van der Waals surface area contributed by atoms with Crippen LogP contribution in [0.25, 0.3) is 0 Å². The predicted octanol–water partition coefficient (Wildman–Crippen LogP) is 3.46. The van der Waals surface area contributed by atoms with E-state index in [4.69, 9.17) is 23.4 Å². The van der Waals surface area contributed by atoms with E-state index in [2.05, 4.69) is 9.97 Å². The van der Waals surface area contributed by atoms with Crippen LogP contribution in [-0.4, -0.2) is 24.2 Å². The molecule has 1 aromatic carbocycles. The molecule has 0 aliphatic rings. The Hall–Kier alpha value is -3.22. The standard InChI is InChI=1S/C17H16N2O5/c1-20-13-8-14(21-2)10-15(9-13)24-16-5-6-18-17(19-16)23-11-12-4-3-7-22-12/h3-10H,11H2,1-2H3. The van der Waals surface area contributed by atoms with Gasteiger partial charge in [0.15, 0.2) is 0 Å². The van der Waals surface area contributed by atoms with Crippen LogP contribution in [0.4, 0.5) is 0 Å². The number of nitrogens with zero attached hydrogens (tertiary/aromatic N) is 2. The van der Waals surface area contributed by atoms with Crippen LogP contribution in [0.3, 0.4) is 0 Å². The summed E-state index contributed by atoms with van der Waals surface area (Å²) in [7, 11) is 3.15. The first-order valence-electron chi connectivity index (χ1n) is 7.16. The molecule has 2 aromatic heterocycles. The van der Waals surface area contributed by atoms with Gasteiger partial charge in [0.2, 0.25) is 5.88 Å². The van der Waals surface area contributed by atoms with Crippen LogP contribution in [-0.2, 0) is 6.61 Å². The van der Waals surface area contributed by atoms with Gasteiger partial charge in [-0.3, -0.25) is 0 Å². The van der Waals surface area contributed by atoms with E-state index >= 15 is 0 Å². The Kier molecular flexibility index (Phi) is 4.81. The number of ether oxygens (including phenoxy) is 4. The molecule has 2 heterocycles. The fraction of sp³-hybridized carbons (Fsp3) is 0.176. The highest BCUT2D eigenvalue weighted by Crippen LogP contribution is 2.30. The Morgan fingerprint density at radius 2 is 1.75 bits per heavy atom. The summed E-state index contributed by atoms with van der Waals surface area (Å²) in [6.45, 7) is 0.240. The van der Waals surface area contributed by atoms with E-state index in [1.54, 1.807) is 57.0 Å². The number of furan rings is 1. The number of hydrogen-bond acceptors (Lipinski definition) is 7. The van der Waals surface area contributed by atoms with Crippen molar-refractivity contribution >= 4 is 0 Å². The first-order chi connectivity index (χ1) is 11.8. The average Bonchev–Trinajstić information content (AvgIpc) is 3.13. The summed E-state index contributed by atoms with van der Waals surface area (Å²) >= 11 is 0. The summed E-state index contributed by atoms with van der Waals surface area (Å²) in [5.74, 6) is 2.79.